The highest BCUT2D eigenvalue weighted by Crippen LogP contribution is 2.56. The molecule has 1 N–H and O–H groups in total. The van der Waals surface area contributed by atoms with Gasteiger partial charge in [-0.3, -0.25) is 4.79 Å². The Labute approximate surface area is 228 Å². The average molecular weight is 588 g/mol. The summed E-state index contributed by atoms with van der Waals surface area (Å²) in [6.07, 6.45) is 3.61. The molecular formula is C25H35ClFN3O6SSi. The van der Waals surface area contributed by atoms with E-state index in [1.165, 1.54) is 12.1 Å². The van der Waals surface area contributed by atoms with E-state index in [1.807, 2.05) is 0 Å². The molecule has 3 saturated carbocycles. The molecular weight excluding hydrogens is 553 g/mol. The molecule has 0 spiro atoms. The molecule has 38 heavy (non-hydrogen) atoms. The molecule has 1 unspecified atom stereocenters. The predicted molar refractivity (Wildman–Crippen MR) is 142 cm³/mol. The van der Waals surface area contributed by atoms with Gasteiger partial charge in [-0.15, -0.1) is 5.10 Å². The molecule has 13 heteroatoms. The van der Waals surface area contributed by atoms with Crippen molar-refractivity contribution in [3.63, 3.8) is 0 Å². The lowest BCUT2D eigenvalue weighted by Gasteiger charge is -2.58. The highest BCUT2D eigenvalue weighted by molar-refractivity contribution is 7.90. The second kappa shape index (κ2) is 9.87. The van der Waals surface area contributed by atoms with Crippen molar-refractivity contribution in [3.8, 4) is 5.75 Å². The first-order chi connectivity index (χ1) is 17.5. The molecule has 0 saturated heterocycles. The monoisotopic (exact) mass is 587 g/mol. The maximum absolute atomic E-state index is 13.7. The van der Waals surface area contributed by atoms with E-state index in [0.29, 0.717) is 32.1 Å². The van der Waals surface area contributed by atoms with Crippen LogP contribution in [0.2, 0.25) is 23.2 Å². The summed E-state index contributed by atoms with van der Waals surface area (Å²) < 4.78 is 56.0. The van der Waals surface area contributed by atoms with Gasteiger partial charge < -0.3 is 18.9 Å². The van der Waals surface area contributed by atoms with Crippen LogP contribution in [0.5, 0.6) is 5.75 Å². The number of halogens is 2. The van der Waals surface area contributed by atoms with Gasteiger partial charge in [-0.1, -0.05) is 37.5 Å². The summed E-state index contributed by atoms with van der Waals surface area (Å²) in [5.41, 5.74) is -1.17. The number of nitrogens with one attached hydrogen (secondary N) is 1. The van der Waals surface area contributed by atoms with Crippen LogP contribution < -0.4 is 10.1 Å². The van der Waals surface area contributed by atoms with E-state index in [1.54, 1.807) is 0 Å². The van der Waals surface area contributed by atoms with E-state index in [2.05, 4.69) is 49.4 Å². The number of sulfone groups is 1. The molecule has 1 aromatic carbocycles. The van der Waals surface area contributed by atoms with Crippen LogP contribution in [0, 0.1) is 5.82 Å². The molecule has 2 bridgehead atoms. The van der Waals surface area contributed by atoms with Crippen LogP contribution in [0.25, 0.3) is 0 Å². The minimum Gasteiger partial charge on any atom is -0.484 e. The van der Waals surface area contributed by atoms with Gasteiger partial charge in [0, 0.05) is 17.9 Å². The second-order valence-corrected chi connectivity index (χ2v) is 19.1. The molecule has 9 nitrogen and oxygen atoms in total. The number of amides is 1. The minimum atomic E-state index is -3.66. The minimum absolute atomic E-state index is 0.0220. The van der Waals surface area contributed by atoms with Crippen molar-refractivity contribution in [2.45, 2.75) is 93.3 Å². The Morgan fingerprint density at radius 1 is 1.24 bits per heavy atom. The Bertz CT molecular complexity index is 1320. The maximum Gasteiger partial charge on any atom is 0.335 e. The Hall–Kier alpha value is -2.02. The van der Waals surface area contributed by atoms with E-state index >= 15 is 0 Å². The zero-order chi connectivity index (χ0) is 28.1. The van der Waals surface area contributed by atoms with Gasteiger partial charge in [-0.05, 0) is 62.4 Å². The number of carbonyl (C=O) groups is 1. The summed E-state index contributed by atoms with van der Waals surface area (Å²) in [6, 6.07) is 4.02. The number of rotatable bonds is 8. The summed E-state index contributed by atoms with van der Waals surface area (Å²) in [5, 5.41) is 10.6. The second-order valence-electron chi connectivity index (χ2n) is 12.1. The van der Waals surface area contributed by atoms with E-state index in [0.717, 1.165) is 12.3 Å². The number of aromatic nitrogens is 2. The fourth-order valence-corrected chi connectivity index (χ4v) is 6.98. The molecule has 5 rings (SSSR count). The third-order valence-corrected chi connectivity index (χ3v) is 13.9. The number of hydrogen-bond donors (Lipinski definition) is 1. The lowest BCUT2D eigenvalue weighted by Crippen LogP contribution is -2.66. The number of ether oxygens (including phenoxy) is 1. The predicted octanol–water partition coefficient (Wildman–Crippen LogP) is 4.81. The average Bonchev–Trinajstić information content (AvgIpc) is 3.31. The molecule has 0 aliphatic heterocycles. The van der Waals surface area contributed by atoms with Gasteiger partial charge in [-0.2, -0.15) is 0 Å². The van der Waals surface area contributed by atoms with Crippen molar-refractivity contribution in [3.05, 3.63) is 34.9 Å². The summed E-state index contributed by atoms with van der Waals surface area (Å²) >= 11 is 5.72. The van der Waals surface area contributed by atoms with Crippen LogP contribution in [0.3, 0.4) is 0 Å². The lowest BCUT2D eigenvalue weighted by atomic mass is 9.55. The van der Waals surface area contributed by atoms with E-state index < -0.39 is 40.1 Å². The van der Waals surface area contributed by atoms with Crippen LogP contribution in [0.4, 0.5) is 4.39 Å². The first-order valence-corrected chi connectivity index (χ1v) is 17.7. The van der Waals surface area contributed by atoms with E-state index in [9.17, 15) is 17.6 Å². The van der Waals surface area contributed by atoms with Gasteiger partial charge in [0.15, 0.2) is 14.9 Å². The van der Waals surface area contributed by atoms with Crippen molar-refractivity contribution in [2.24, 2.45) is 0 Å². The smallest absolute Gasteiger partial charge is 0.335 e. The summed E-state index contributed by atoms with van der Waals surface area (Å²) in [4.78, 5) is 12.9. The topological polar surface area (TPSA) is 121 Å². The molecule has 1 atom stereocenters. The van der Waals surface area contributed by atoms with Crippen molar-refractivity contribution >= 4 is 35.7 Å². The fourth-order valence-electron chi connectivity index (χ4n) is 5.07. The Kier molecular flexibility index (Phi) is 7.52. The summed E-state index contributed by atoms with van der Waals surface area (Å²) in [7, 11) is -5.93. The van der Waals surface area contributed by atoms with Gasteiger partial charge in [-0.25, -0.2) is 12.8 Å². The van der Waals surface area contributed by atoms with Crippen LogP contribution in [0.1, 0.15) is 58.8 Å². The van der Waals surface area contributed by atoms with Gasteiger partial charge in [0.05, 0.1) is 16.5 Å². The fraction of sp³-hybridized carbons (Fsp3) is 0.640. The molecule has 2 aromatic rings. The van der Waals surface area contributed by atoms with Crippen LogP contribution >= 0.6 is 11.6 Å². The Balaban J connectivity index is 1.56. The molecule has 0 radical (unpaired) electrons. The van der Waals surface area contributed by atoms with Crippen molar-refractivity contribution in [1.82, 2.24) is 15.5 Å². The summed E-state index contributed by atoms with van der Waals surface area (Å²) in [6.45, 7) is 10.5. The van der Waals surface area contributed by atoms with Crippen molar-refractivity contribution in [2.75, 3.05) is 12.9 Å². The van der Waals surface area contributed by atoms with Crippen molar-refractivity contribution in [1.29, 1.82) is 0 Å². The van der Waals surface area contributed by atoms with Gasteiger partial charge in [0.1, 0.15) is 11.6 Å². The zero-order valence-electron chi connectivity index (χ0n) is 22.6. The third-order valence-electron chi connectivity index (χ3n) is 8.35. The standard InChI is InChI=1S/C25H35ClFN3O6SSi/c1-23(2,3)38(5,6)36-19-14-24(28-20(31)15-34-16-7-8-17(26)18(27)13-16)9-11-25(19,12-10-24)21-29-30-22(35-21)37(4,32)33/h7-8,13,19H,9-12,14-15H2,1-6H3,(H,28,31). The number of benzene rings is 1. The SMILES string of the molecule is CC(C)(C)[Si](C)(C)OC1CC2(NC(=O)COc3ccc(Cl)c(F)c3)CCC1(c1nnc(S(C)(=O)=O)o1)CC2. The number of nitrogens with zero attached hydrogens (tertiary/aromatic N) is 2. The molecule has 3 aliphatic rings. The van der Waals surface area contributed by atoms with Gasteiger partial charge in [0.2, 0.25) is 15.7 Å². The van der Waals surface area contributed by atoms with E-state index in [-0.39, 0.29) is 40.3 Å². The molecule has 1 heterocycles. The molecule has 210 valence electrons. The van der Waals surface area contributed by atoms with Crippen LogP contribution in [-0.4, -0.2) is 57.3 Å². The highest BCUT2D eigenvalue weighted by atomic mass is 35.5. The third kappa shape index (κ3) is 5.63. The Morgan fingerprint density at radius 3 is 2.45 bits per heavy atom. The highest BCUT2D eigenvalue weighted by Gasteiger charge is 2.60. The molecule has 1 amide bonds. The van der Waals surface area contributed by atoms with Crippen LogP contribution in [-0.2, 0) is 24.5 Å². The molecule has 3 fully saturated rings. The van der Waals surface area contributed by atoms with Crippen molar-refractivity contribution < 1.29 is 31.2 Å². The maximum atomic E-state index is 13.7. The Morgan fingerprint density at radius 2 is 1.89 bits per heavy atom. The largest absolute Gasteiger partial charge is 0.484 e. The first-order valence-electron chi connectivity index (χ1n) is 12.6. The quantitative estimate of drug-likeness (QED) is 0.437. The molecule has 3 aliphatic carbocycles. The first kappa shape index (κ1) is 29.0. The van der Waals surface area contributed by atoms with Crippen LogP contribution in [0.15, 0.2) is 27.8 Å². The van der Waals surface area contributed by atoms with E-state index in [4.69, 9.17) is 25.2 Å². The molecule has 1 aromatic heterocycles. The zero-order valence-corrected chi connectivity index (χ0v) is 25.1. The number of hydrogen-bond acceptors (Lipinski definition) is 8. The normalized spacial score (nSPS) is 25.8. The summed E-state index contributed by atoms with van der Waals surface area (Å²) in [5.74, 6) is -0.458. The van der Waals surface area contributed by atoms with Gasteiger partial charge >= 0.3 is 5.22 Å². The number of carbonyl (C=O) groups excluding carboxylic acids is 1. The number of fused-ring (bicyclic) bond motifs is 3. The lowest BCUT2D eigenvalue weighted by molar-refractivity contribution is -0.129. The van der Waals surface area contributed by atoms with Gasteiger partial charge in [0.25, 0.3) is 5.91 Å².